The van der Waals surface area contributed by atoms with E-state index < -0.39 is 0 Å². The summed E-state index contributed by atoms with van der Waals surface area (Å²) in [5, 5.41) is 1.80. The Hall–Kier alpha value is -2.00. The predicted octanol–water partition coefficient (Wildman–Crippen LogP) is 4.96. The molecule has 0 spiro atoms. The quantitative estimate of drug-likeness (QED) is 0.625. The Kier molecular flexibility index (Phi) is 3.60. The number of halogens is 2. The van der Waals surface area contributed by atoms with Gasteiger partial charge in [0, 0.05) is 22.2 Å². The van der Waals surface area contributed by atoms with E-state index >= 15 is 0 Å². The number of rotatable bonds is 2. The van der Waals surface area contributed by atoms with Crippen LogP contribution in [0, 0.1) is 12.7 Å². The summed E-state index contributed by atoms with van der Waals surface area (Å²) in [6.07, 6.45) is 0.778. The molecule has 4 heteroatoms. The fourth-order valence-electron chi connectivity index (χ4n) is 2.45. The van der Waals surface area contributed by atoms with Crippen molar-refractivity contribution in [3.05, 3.63) is 58.6 Å². The van der Waals surface area contributed by atoms with Crippen LogP contribution in [-0.4, -0.2) is 9.97 Å². The first kappa shape index (κ1) is 14.0. The lowest BCUT2D eigenvalue weighted by atomic mass is 10.0. The summed E-state index contributed by atoms with van der Waals surface area (Å²) in [5.74, 6) is 0.293. The van der Waals surface area contributed by atoms with E-state index in [0.717, 1.165) is 28.6 Å². The van der Waals surface area contributed by atoms with Gasteiger partial charge in [-0.05, 0) is 30.9 Å². The van der Waals surface area contributed by atoms with Crippen molar-refractivity contribution in [2.45, 2.75) is 20.3 Å². The fourth-order valence-corrected chi connectivity index (χ4v) is 2.64. The van der Waals surface area contributed by atoms with Gasteiger partial charge in [-0.15, -0.1) is 0 Å². The molecule has 0 aliphatic carbocycles. The smallest absolute Gasteiger partial charge is 0.161 e. The Morgan fingerprint density at radius 1 is 1.05 bits per heavy atom. The van der Waals surface area contributed by atoms with Gasteiger partial charge in [0.15, 0.2) is 5.82 Å². The molecular weight excluding hydrogens is 287 g/mol. The molecule has 0 amide bonds. The summed E-state index contributed by atoms with van der Waals surface area (Å²) in [4.78, 5) is 8.95. The molecule has 0 N–H and O–H groups in total. The Balaban J connectivity index is 2.31. The van der Waals surface area contributed by atoms with Gasteiger partial charge in [0.2, 0.25) is 0 Å². The standard InChI is InChI=1S/C17H14ClFN2/c1-3-15-10(2)16(18)21-17(20-15)13-8-9-14(19)12-7-5-4-6-11(12)13/h4-9H,3H2,1-2H3. The van der Waals surface area contributed by atoms with Crippen LogP contribution in [0.4, 0.5) is 4.39 Å². The molecule has 2 aromatic carbocycles. The average Bonchev–Trinajstić information content (AvgIpc) is 2.51. The lowest BCUT2D eigenvalue weighted by molar-refractivity contribution is 0.640. The maximum Gasteiger partial charge on any atom is 0.161 e. The van der Waals surface area contributed by atoms with Gasteiger partial charge in [-0.1, -0.05) is 42.8 Å². The van der Waals surface area contributed by atoms with Crippen LogP contribution in [0.1, 0.15) is 18.2 Å². The minimum atomic E-state index is -0.247. The lowest BCUT2D eigenvalue weighted by Gasteiger charge is -2.10. The van der Waals surface area contributed by atoms with E-state index in [4.69, 9.17) is 11.6 Å². The van der Waals surface area contributed by atoms with Crippen LogP contribution in [0.15, 0.2) is 36.4 Å². The van der Waals surface area contributed by atoms with Crippen LogP contribution in [0.25, 0.3) is 22.2 Å². The van der Waals surface area contributed by atoms with Crippen LogP contribution in [0.2, 0.25) is 5.15 Å². The molecule has 0 fully saturated rings. The van der Waals surface area contributed by atoms with Gasteiger partial charge < -0.3 is 0 Å². The minimum absolute atomic E-state index is 0.247. The van der Waals surface area contributed by atoms with Gasteiger partial charge in [-0.2, -0.15) is 0 Å². The largest absolute Gasteiger partial charge is 0.233 e. The van der Waals surface area contributed by atoms with E-state index in [1.54, 1.807) is 12.1 Å². The molecule has 0 unspecified atom stereocenters. The number of nitrogens with zero attached hydrogens (tertiary/aromatic N) is 2. The van der Waals surface area contributed by atoms with E-state index in [1.807, 2.05) is 32.0 Å². The topological polar surface area (TPSA) is 25.8 Å². The highest BCUT2D eigenvalue weighted by atomic mass is 35.5. The number of benzene rings is 2. The van der Waals surface area contributed by atoms with E-state index in [1.165, 1.54) is 6.07 Å². The zero-order valence-corrected chi connectivity index (χ0v) is 12.6. The van der Waals surface area contributed by atoms with Crippen LogP contribution >= 0.6 is 11.6 Å². The Morgan fingerprint density at radius 2 is 1.76 bits per heavy atom. The third kappa shape index (κ3) is 2.38. The lowest BCUT2D eigenvalue weighted by Crippen LogP contribution is -2.00. The Morgan fingerprint density at radius 3 is 2.48 bits per heavy atom. The maximum absolute atomic E-state index is 13.9. The number of fused-ring (bicyclic) bond motifs is 1. The number of aromatic nitrogens is 2. The summed E-state index contributed by atoms with van der Waals surface area (Å²) in [5.41, 5.74) is 2.61. The molecule has 3 rings (SSSR count). The summed E-state index contributed by atoms with van der Waals surface area (Å²) >= 11 is 6.20. The van der Waals surface area contributed by atoms with Crippen LogP contribution in [0.5, 0.6) is 0 Å². The first-order valence-electron chi connectivity index (χ1n) is 6.82. The van der Waals surface area contributed by atoms with Crippen molar-refractivity contribution in [2.24, 2.45) is 0 Å². The molecule has 3 aromatic rings. The molecule has 1 aromatic heterocycles. The number of aryl methyl sites for hydroxylation is 1. The second-order valence-corrected chi connectivity index (χ2v) is 5.26. The molecule has 0 saturated carbocycles. The van der Waals surface area contributed by atoms with E-state index in [9.17, 15) is 4.39 Å². The third-order valence-corrected chi connectivity index (χ3v) is 4.00. The number of hydrogen-bond acceptors (Lipinski definition) is 2. The van der Waals surface area contributed by atoms with Crippen molar-refractivity contribution in [1.29, 1.82) is 0 Å². The molecule has 1 heterocycles. The Labute approximate surface area is 127 Å². The predicted molar refractivity (Wildman–Crippen MR) is 84.1 cm³/mol. The molecule has 0 atom stereocenters. The summed E-state index contributed by atoms with van der Waals surface area (Å²) in [6.45, 7) is 3.94. The van der Waals surface area contributed by atoms with E-state index in [2.05, 4.69) is 9.97 Å². The normalized spacial score (nSPS) is 11.0. The first-order chi connectivity index (χ1) is 10.1. The molecular formula is C17H14ClFN2. The van der Waals surface area contributed by atoms with Crippen LogP contribution in [-0.2, 0) is 6.42 Å². The van der Waals surface area contributed by atoms with E-state index in [0.29, 0.717) is 16.4 Å². The summed E-state index contributed by atoms with van der Waals surface area (Å²) < 4.78 is 13.9. The van der Waals surface area contributed by atoms with Gasteiger partial charge >= 0.3 is 0 Å². The molecule has 21 heavy (non-hydrogen) atoms. The van der Waals surface area contributed by atoms with Gasteiger partial charge in [-0.25, -0.2) is 14.4 Å². The van der Waals surface area contributed by atoms with Crippen molar-refractivity contribution in [3.8, 4) is 11.4 Å². The molecule has 0 aliphatic heterocycles. The average molecular weight is 301 g/mol. The minimum Gasteiger partial charge on any atom is -0.233 e. The van der Waals surface area contributed by atoms with Gasteiger partial charge in [0.05, 0.1) is 0 Å². The third-order valence-electron chi connectivity index (χ3n) is 3.63. The van der Waals surface area contributed by atoms with Gasteiger partial charge in [0.25, 0.3) is 0 Å². The molecule has 0 bridgehead atoms. The number of hydrogen-bond donors (Lipinski definition) is 0. The summed E-state index contributed by atoms with van der Waals surface area (Å²) in [6, 6.07) is 10.5. The van der Waals surface area contributed by atoms with Crippen LogP contribution in [0.3, 0.4) is 0 Å². The summed E-state index contributed by atoms with van der Waals surface area (Å²) in [7, 11) is 0. The molecule has 106 valence electrons. The highest BCUT2D eigenvalue weighted by molar-refractivity contribution is 6.30. The van der Waals surface area contributed by atoms with Crippen molar-refractivity contribution in [2.75, 3.05) is 0 Å². The monoisotopic (exact) mass is 300 g/mol. The Bertz CT molecular complexity index is 830. The second-order valence-electron chi connectivity index (χ2n) is 4.90. The van der Waals surface area contributed by atoms with Crippen LogP contribution < -0.4 is 0 Å². The van der Waals surface area contributed by atoms with Crippen molar-refractivity contribution < 1.29 is 4.39 Å². The first-order valence-corrected chi connectivity index (χ1v) is 7.20. The highest BCUT2D eigenvalue weighted by Gasteiger charge is 2.13. The SMILES string of the molecule is CCc1nc(-c2ccc(F)c3ccccc23)nc(Cl)c1C. The zero-order valence-electron chi connectivity index (χ0n) is 11.8. The van der Waals surface area contributed by atoms with E-state index in [-0.39, 0.29) is 5.82 Å². The highest BCUT2D eigenvalue weighted by Crippen LogP contribution is 2.30. The van der Waals surface area contributed by atoms with Gasteiger partial charge in [-0.3, -0.25) is 0 Å². The second kappa shape index (κ2) is 5.41. The van der Waals surface area contributed by atoms with Gasteiger partial charge in [0.1, 0.15) is 11.0 Å². The molecule has 0 aliphatic rings. The van der Waals surface area contributed by atoms with Crippen molar-refractivity contribution >= 4 is 22.4 Å². The van der Waals surface area contributed by atoms with Crippen molar-refractivity contribution in [3.63, 3.8) is 0 Å². The van der Waals surface area contributed by atoms with Crippen molar-refractivity contribution in [1.82, 2.24) is 9.97 Å². The maximum atomic E-state index is 13.9. The molecule has 0 radical (unpaired) electrons. The molecule has 2 nitrogen and oxygen atoms in total. The zero-order chi connectivity index (χ0) is 15.0. The molecule has 0 saturated heterocycles. The fraction of sp³-hybridized carbons (Fsp3) is 0.176.